The number of benzene rings is 1. The Labute approximate surface area is 191 Å². The van der Waals surface area contributed by atoms with Gasteiger partial charge in [0.05, 0.1) is 44.1 Å². The highest BCUT2D eigenvalue weighted by Crippen LogP contribution is 2.18. The molecule has 1 fully saturated rings. The van der Waals surface area contributed by atoms with Gasteiger partial charge in [-0.25, -0.2) is 13.6 Å². The van der Waals surface area contributed by atoms with Gasteiger partial charge in [-0.15, -0.1) is 0 Å². The van der Waals surface area contributed by atoms with Crippen LogP contribution in [0.15, 0.2) is 30.4 Å². The van der Waals surface area contributed by atoms with Gasteiger partial charge in [0.1, 0.15) is 17.7 Å². The van der Waals surface area contributed by atoms with Gasteiger partial charge in [0.2, 0.25) is 5.91 Å². The molecule has 4 N–H and O–H groups in total. The van der Waals surface area contributed by atoms with Crippen molar-refractivity contribution in [2.45, 2.75) is 31.1 Å². The first-order chi connectivity index (χ1) is 15.9. The molecule has 9 nitrogen and oxygen atoms in total. The third kappa shape index (κ3) is 8.04. The van der Waals surface area contributed by atoms with E-state index in [4.69, 9.17) is 9.47 Å². The van der Waals surface area contributed by atoms with Crippen molar-refractivity contribution >= 4 is 17.6 Å². The number of nitrogens with zero attached hydrogens (tertiary/aromatic N) is 1. The molecule has 0 saturated carbocycles. The summed E-state index contributed by atoms with van der Waals surface area (Å²) in [5, 5.41) is 17.3. The van der Waals surface area contributed by atoms with E-state index in [2.05, 4.69) is 20.9 Å². The van der Waals surface area contributed by atoms with Crippen LogP contribution in [0.1, 0.15) is 12.8 Å². The van der Waals surface area contributed by atoms with Gasteiger partial charge in [0, 0.05) is 25.7 Å². The van der Waals surface area contributed by atoms with Crippen LogP contribution < -0.4 is 16.0 Å². The fourth-order valence-corrected chi connectivity index (χ4v) is 3.65. The fourth-order valence-electron chi connectivity index (χ4n) is 3.65. The number of hydrogen-bond acceptors (Lipinski definition) is 6. The normalized spacial score (nSPS) is 23.2. The number of aliphatic hydroxyl groups is 1. The van der Waals surface area contributed by atoms with Crippen LogP contribution in [-0.4, -0.2) is 86.2 Å². The Kier molecular flexibility index (Phi) is 9.55. The Morgan fingerprint density at radius 3 is 2.73 bits per heavy atom. The van der Waals surface area contributed by atoms with E-state index in [1.165, 1.54) is 0 Å². The van der Waals surface area contributed by atoms with Crippen molar-refractivity contribution in [1.29, 1.82) is 0 Å². The molecule has 182 valence electrons. The Balaban J connectivity index is 1.41. The minimum atomic E-state index is -0.794. The third-order valence-electron chi connectivity index (χ3n) is 5.40. The summed E-state index contributed by atoms with van der Waals surface area (Å²) < 4.78 is 38.0. The number of ether oxygens (including phenoxy) is 2. The quantitative estimate of drug-likeness (QED) is 0.318. The number of urea groups is 1. The second-order valence-electron chi connectivity index (χ2n) is 7.89. The van der Waals surface area contributed by atoms with Gasteiger partial charge in [0.15, 0.2) is 0 Å². The molecule has 0 aromatic heterocycles. The first kappa shape index (κ1) is 25.0. The van der Waals surface area contributed by atoms with Crippen LogP contribution >= 0.6 is 0 Å². The number of morpholine rings is 1. The van der Waals surface area contributed by atoms with E-state index in [0.717, 1.165) is 57.5 Å². The molecule has 3 rings (SSSR count). The van der Waals surface area contributed by atoms with Gasteiger partial charge >= 0.3 is 6.03 Å². The summed E-state index contributed by atoms with van der Waals surface area (Å²) in [5.74, 6) is -1.64. The average Bonchev–Trinajstić information content (AvgIpc) is 2.81. The van der Waals surface area contributed by atoms with Crippen molar-refractivity contribution in [3.05, 3.63) is 42.0 Å². The van der Waals surface area contributed by atoms with Gasteiger partial charge in [-0.2, -0.15) is 0 Å². The molecule has 3 amide bonds. The lowest BCUT2D eigenvalue weighted by Crippen LogP contribution is -2.50. The predicted molar refractivity (Wildman–Crippen MR) is 117 cm³/mol. The lowest BCUT2D eigenvalue weighted by Gasteiger charge is -2.31. The van der Waals surface area contributed by atoms with Gasteiger partial charge in [0.25, 0.3) is 0 Å². The van der Waals surface area contributed by atoms with Crippen LogP contribution in [0.3, 0.4) is 0 Å². The standard InChI is InChI=1S/C22H30F2N4O5/c23-15-2-4-17(24)19(12-15)27-22(31)26-18-5-3-16(33-20(18)14-29)13-21(30)25-6-1-7-28-8-10-32-11-9-28/h2-5,12,16,18,20,29H,1,6-11,13-14H2,(H,25,30)(H2,26,27,31)/t16-,18-,20+/m1/s1. The van der Waals surface area contributed by atoms with Crippen molar-refractivity contribution in [3.8, 4) is 0 Å². The maximum absolute atomic E-state index is 13.7. The van der Waals surface area contributed by atoms with Gasteiger partial charge in [-0.05, 0) is 25.1 Å². The van der Waals surface area contributed by atoms with Crippen molar-refractivity contribution in [1.82, 2.24) is 15.5 Å². The molecule has 0 bridgehead atoms. The molecule has 1 saturated heterocycles. The summed E-state index contributed by atoms with van der Waals surface area (Å²) in [6.45, 7) is 4.33. The number of carbonyl (C=O) groups is 2. The fraction of sp³-hybridized carbons (Fsp3) is 0.545. The summed E-state index contributed by atoms with van der Waals surface area (Å²) in [7, 11) is 0. The van der Waals surface area contributed by atoms with E-state index in [1.54, 1.807) is 12.2 Å². The molecule has 2 heterocycles. The highest BCUT2D eigenvalue weighted by atomic mass is 19.1. The number of aliphatic hydroxyl groups excluding tert-OH is 1. The van der Waals surface area contributed by atoms with E-state index in [9.17, 15) is 23.5 Å². The van der Waals surface area contributed by atoms with Crippen LogP contribution in [0.25, 0.3) is 0 Å². The Hall–Kier alpha value is -2.60. The molecule has 1 aromatic rings. The number of anilines is 1. The van der Waals surface area contributed by atoms with Crippen LogP contribution in [0.5, 0.6) is 0 Å². The smallest absolute Gasteiger partial charge is 0.319 e. The maximum Gasteiger partial charge on any atom is 0.319 e. The number of amides is 3. The molecule has 0 radical (unpaired) electrons. The van der Waals surface area contributed by atoms with Crippen LogP contribution in [0, 0.1) is 11.6 Å². The summed E-state index contributed by atoms with van der Waals surface area (Å²) >= 11 is 0. The Morgan fingerprint density at radius 2 is 1.97 bits per heavy atom. The number of rotatable bonds is 9. The van der Waals surface area contributed by atoms with Gasteiger partial charge in [-0.1, -0.05) is 12.2 Å². The second-order valence-corrected chi connectivity index (χ2v) is 7.89. The third-order valence-corrected chi connectivity index (χ3v) is 5.40. The highest BCUT2D eigenvalue weighted by molar-refractivity contribution is 5.89. The maximum atomic E-state index is 13.7. The molecule has 33 heavy (non-hydrogen) atoms. The van der Waals surface area contributed by atoms with Crippen molar-refractivity contribution < 1.29 is 33.0 Å². The first-order valence-electron chi connectivity index (χ1n) is 11.0. The van der Waals surface area contributed by atoms with Crippen LogP contribution in [0.2, 0.25) is 0 Å². The van der Waals surface area contributed by atoms with E-state index in [0.29, 0.717) is 6.54 Å². The zero-order valence-corrected chi connectivity index (χ0v) is 18.3. The number of carbonyl (C=O) groups excluding carboxylic acids is 2. The molecule has 0 unspecified atom stereocenters. The lowest BCUT2D eigenvalue weighted by atomic mass is 10.0. The number of nitrogens with one attached hydrogen (secondary N) is 3. The topological polar surface area (TPSA) is 112 Å². The molecule has 2 aliphatic rings. The van der Waals surface area contributed by atoms with Gasteiger partial charge < -0.3 is 30.5 Å². The molecule has 1 aromatic carbocycles. The van der Waals surface area contributed by atoms with E-state index < -0.39 is 42.5 Å². The first-order valence-corrected chi connectivity index (χ1v) is 11.0. The molecular weight excluding hydrogens is 438 g/mol. The zero-order valence-electron chi connectivity index (χ0n) is 18.3. The van der Waals surface area contributed by atoms with Crippen molar-refractivity contribution in [2.24, 2.45) is 0 Å². The Morgan fingerprint density at radius 1 is 1.18 bits per heavy atom. The largest absolute Gasteiger partial charge is 0.394 e. The summed E-state index contributed by atoms with van der Waals surface area (Å²) in [4.78, 5) is 26.7. The van der Waals surface area contributed by atoms with Crippen molar-refractivity contribution in [2.75, 3.05) is 51.3 Å². The zero-order chi connectivity index (χ0) is 23.6. The summed E-state index contributed by atoms with van der Waals surface area (Å²) in [6, 6.07) is 1.22. The predicted octanol–water partition coefficient (Wildman–Crippen LogP) is 0.999. The van der Waals surface area contributed by atoms with Crippen molar-refractivity contribution in [3.63, 3.8) is 0 Å². The van der Waals surface area contributed by atoms with E-state index in [-0.39, 0.29) is 18.0 Å². The minimum absolute atomic E-state index is 0.0813. The monoisotopic (exact) mass is 468 g/mol. The Bertz CT molecular complexity index is 835. The lowest BCUT2D eigenvalue weighted by molar-refractivity contribution is -0.125. The molecule has 0 aliphatic carbocycles. The molecular formula is C22H30F2N4O5. The molecule has 11 heteroatoms. The number of hydrogen-bond donors (Lipinski definition) is 4. The SMILES string of the molecule is O=C(C[C@H]1C=C[C@@H](NC(=O)Nc2cc(F)ccc2F)[C@H](CO)O1)NCCCN1CCOCC1. The van der Waals surface area contributed by atoms with Gasteiger partial charge in [-0.3, -0.25) is 9.69 Å². The average molecular weight is 469 g/mol. The summed E-state index contributed by atoms with van der Waals surface area (Å²) in [5.41, 5.74) is -0.308. The van der Waals surface area contributed by atoms with E-state index in [1.807, 2.05) is 0 Å². The van der Waals surface area contributed by atoms with E-state index >= 15 is 0 Å². The second kappa shape index (κ2) is 12.6. The molecule has 0 spiro atoms. The van der Waals surface area contributed by atoms with Crippen LogP contribution in [0.4, 0.5) is 19.3 Å². The highest BCUT2D eigenvalue weighted by Gasteiger charge is 2.29. The number of halogens is 2. The molecule has 3 atom stereocenters. The van der Waals surface area contributed by atoms with Crippen LogP contribution in [-0.2, 0) is 14.3 Å². The minimum Gasteiger partial charge on any atom is -0.394 e. The summed E-state index contributed by atoms with van der Waals surface area (Å²) in [6.07, 6.45) is 2.81. The molecule has 2 aliphatic heterocycles.